The lowest BCUT2D eigenvalue weighted by atomic mass is 10.0. The van der Waals surface area contributed by atoms with Crippen LogP contribution in [0.1, 0.15) is 22.3 Å². The van der Waals surface area contributed by atoms with Crippen LogP contribution in [0.2, 0.25) is 0 Å². The molecule has 7 nitrogen and oxygen atoms in total. The monoisotopic (exact) mass is 538 g/mol. The number of carbonyl (C=O) groups excluding carboxylic acids is 2. The molecule has 206 valence electrons. The van der Waals surface area contributed by atoms with Gasteiger partial charge in [-0.05, 0) is 34.4 Å². The van der Waals surface area contributed by atoms with Crippen molar-refractivity contribution in [3.05, 3.63) is 131 Å². The number of benzene rings is 4. The zero-order chi connectivity index (χ0) is 28.2. The van der Waals surface area contributed by atoms with Gasteiger partial charge in [0.25, 0.3) is 0 Å². The van der Waals surface area contributed by atoms with Gasteiger partial charge in [0.15, 0.2) is 11.5 Å². The lowest BCUT2D eigenvalue weighted by molar-refractivity contribution is -0.130. The van der Waals surface area contributed by atoms with E-state index in [0.29, 0.717) is 24.7 Å². The number of nitrogens with zero attached hydrogens (tertiary/aromatic N) is 1. The number of nitrogens with one attached hydrogen (secondary N) is 1. The summed E-state index contributed by atoms with van der Waals surface area (Å²) < 4.78 is 17.6. The lowest BCUT2D eigenvalue weighted by Crippen LogP contribution is -2.47. The van der Waals surface area contributed by atoms with Crippen LogP contribution in [0.4, 0.5) is 4.79 Å². The molecule has 0 bridgehead atoms. The molecule has 0 saturated heterocycles. The van der Waals surface area contributed by atoms with E-state index in [1.807, 2.05) is 109 Å². The highest BCUT2D eigenvalue weighted by atomic mass is 16.5. The van der Waals surface area contributed by atoms with Crippen molar-refractivity contribution in [3.8, 4) is 11.5 Å². The largest absolute Gasteiger partial charge is 0.485 e. The van der Waals surface area contributed by atoms with E-state index in [1.165, 1.54) is 4.90 Å². The molecule has 0 fully saturated rings. The number of amides is 2. The number of carbonyl (C=O) groups is 2. The van der Waals surface area contributed by atoms with Gasteiger partial charge in [-0.2, -0.15) is 0 Å². The molecule has 0 aliphatic rings. The van der Waals surface area contributed by atoms with Gasteiger partial charge in [0.2, 0.25) is 5.91 Å². The Balaban J connectivity index is 1.49. The highest BCUT2D eigenvalue weighted by Crippen LogP contribution is 2.31. The molecule has 2 amide bonds. The van der Waals surface area contributed by atoms with E-state index in [2.05, 4.69) is 5.32 Å². The number of likely N-dealkylation sites (N-methyl/N-ethyl adjacent to an activating group) is 1. The molecule has 4 aromatic rings. The summed E-state index contributed by atoms with van der Waals surface area (Å²) in [7, 11) is 3.31. The van der Waals surface area contributed by atoms with E-state index in [4.69, 9.17) is 14.2 Å². The number of rotatable bonds is 12. The van der Waals surface area contributed by atoms with Crippen molar-refractivity contribution in [3.63, 3.8) is 0 Å². The predicted molar refractivity (Wildman–Crippen MR) is 154 cm³/mol. The van der Waals surface area contributed by atoms with E-state index in [-0.39, 0.29) is 18.9 Å². The van der Waals surface area contributed by atoms with Crippen LogP contribution in [0, 0.1) is 0 Å². The molecule has 0 heterocycles. The fraction of sp³-hybridized carbons (Fsp3) is 0.212. The van der Waals surface area contributed by atoms with Gasteiger partial charge in [0.1, 0.15) is 25.9 Å². The Kier molecular flexibility index (Phi) is 10.2. The molecule has 0 aliphatic carbocycles. The molecule has 1 atom stereocenters. The first-order valence-electron chi connectivity index (χ1n) is 13.1. The minimum atomic E-state index is -0.823. The first-order valence-corrected chi connectivity index (χ1v) is 13.1. The van der Waals surface area contributed by atoms with Crippen LogP contribution in [0.25, 0.3) is 0 Å². The van der Waals surface area contributed by atoms with Gasteiger partial charge in [-0.15, -0.1) is 0 Å². The van der Waals surface area contributed by atoms with Gasteiger partial charge in [-0.25, -0.2) is 4.79 Å². The minimum absolute atomic E-state index is 0.112. The summed E-state index contributed by atoms with van der Waals surface area (Å²) in [5, 5.41) is 2.73. The fourth-order valence-corrected chi connectivity index (χ4v) is 4.04. The minimum Gasteiger partial charge on any atom is -0.485 e. The van der Waals surface area contributed by atoms with Crippen LogP contribution in [0.5, 0.6) is 11.5 Å². The summed E-state index contributed by atoms with van der Waals surface area (Å²) in [6.07, 6.45) is -0.412. The topological polar surface area (TPSA) is 77.1 Å². The maximum absolute atomic E-state index is 13.0. The van der Waals surface area contributed by atoms with Gasteiger partial charge < -0.3 is 24.4 Å². The maximum Gasteiger partial charge on any atom is 0.408 e. The van der Waals surface area contributed by atoms with E-state index in [1.54, 1.807) is 14.1 Å². The smallest absolute Gasteiger partial charge is 0.408 e. The average molecular weight is 539 g/mol. The van der Waals surface area contributed by atoms with E-state index in [9.17, 15) is 9.59 Å². The summed E-state index contributed by atoms with van der Waals surface area (Å²) in [6, 6.07) is 33.9. The van der Waals surface area contributed by atoms with Crippen molar-refractivity contribution in [1.29, 1.82) is 0 Å². The van der Waals surface area contributed by atoms with Gasteiger partial charge >= 0.3 is 6.09 Å². The van der Waals surface area contributed by atoms with Crippen molar-refractivity contribution in [2.45, 2.75) is 32.3 Å². The van der Waals surface area contributed by atoms with Crippen LogP contribution in [0.15, 0.2) is 109 Å². The molecule has 0 unspecified atom stereocenters. The Labute approximate surface area is 235 Å². The lowest BCUT2D eigenvalue weighted by Gasteiger charge is -2.22. The predicted octanol–water partition coefficient (Wildman–Crippen LogP) is 5.77. The van der Waals surface area contributed by atoms with Gasteiger partial charge in [-0.1, -0.05) is 97.1 Å². The van der Waals surface area contributed by atoms with Crippen LogP contribution < -0.4 is 14.8 Å². The van der Waals surface area contributed by atoms with E-state index in [0.717, 1.165) is 22.3 Å². The normalized spacial score (nSPS) is 11.2. The molecule has 7 heteroatoms. The zero-order valence-electron chi connectivity index (χ0n) is 22.8. The van der Waals surface area contributed by atoms with Crippen LogP contribution in [-0.4, -0.2) is 37.0 Å². The SMILES string of the molecule is CN(C)C(=O)[C@H](Cc1ccc(OCc2ccccc2)c(OCc2ccccc2)c1)NC(=O)OCc1ccccc1. The van der Waals surface area contributed by atoms with Crippen molar-refractivity contribution in [2.24, 2.45) is 0 Å². The Morgan fingerprint density at radius 3 is 1.68 bits per heavy atom. The van der Waals surface area contributed by atoms with Gasteiger partial charge in [-0.3, -0.25) is 4.79 Å². The Bertz CT molecular complexity index is 1360. The van der Waals surface area contributed by atoms with Crippen molar-refractivity contribution in [2.75, 3.05) is 14.1 Å². The van der Waals surface area contributed by atoms with Crippen LogP contribution >= 0.6 is 0 Å². The standard InChI is InChI=1S/C33H34N2O5/c1-35(2)32(36)29(34-33(37)40-24-27-16-10-5-11-17-27)20-28-18-19-30(38-22-25-12-6-3-7-13-25)31(21-28)39-23-26-14-8-4-9-15-26/h3-19,21,29H,20,22-24H2,1-2H3,(H,34,37)/t29-/m0/s1. The first kappa shape index (κ1) is 28.2. The number of hydrogen-bond donors (Lipinski definition) is 1. The second-order valence-corrected chi connectivity index (χ2v) is 9.53. The molecular formula is C33H34N2O5. The molecule has 0 aliphatic heterocycles. The second-order valence-electron chi connectivity index (χ2n) is 9.53. The Hall–Kier alpha value is -4.78. The van der Waals surface area contributed by atoms with Gasteiger partial charge in [0, 0.05) is 20.5 Å². The molecule has 4 aromatic carbocycles. The average Bonchev–Trinajstić information content (AvgIpc) is 2.99. The number of ether oxygens (including phenoxy) is 3. The third-order valence-electron chi connectivity index (χ3n) is 6.17. The number of hydrogen-bond acceptors (Lipinski definition) is 5. The van der Waals surface area contributed by atoms with E-state index >= 15 is 0 Å². The second kappa shape index (κ2) is 14.4. The third kappa shape index (κ3) is 8.63. The van der Waals surface area contributed by atoms with Crippen LogP contribution in [-0.2, 0) is 35.8 Å². The molecule has 0 spiro atoms. The molecule has 0 radical (unpaired) electrons. The highest BCUT2D eigenvalue weighted by molar-refractivity contribution is 5.85. The van der Waals surface area contributed by atoms with E-state index < -0.39 is 12.1 Å². The summed E-state index contributed by atoms with van der Waals surface area (Å²) in [5.74, 6) is 0.905. The zero-order valence-corrected chi connectivity index (χ0v) is 22.8. The summed E-state index contributed by atoms with van der Waals surface area (Å²) in [6.45, 7) is 0.856. The summed E-state index contributed by atoms with van der Waals surface area (Å²) in [5.41, 5.74) is 3.72. The van der Waals surface area contributed by atoms with Crippen LogP contribution in [0.3, 0.4) is 0 Å². The van der Waals surface area contributed by atoms with Crippen molar-refractivity contribution in [1.82, 2.24) is 10.2 Å². The molecule has 1 N–H and O–H groups in total. The quantitative estimate of drug-likeness (QED) is 0.248. The van der Waals surface area contributed by atoms with Gasteiger partial charge in [0.05, 0.1) is 0 Å². The summed E-state index contributed by atoms with van der Waals surface area (Å²) >= 11 is 0. The molecule has 0 saturated carbocycles. The fourth-order valence-electron chi connectivity index (χ4n) is 4.04. The van der Waals surface area contributed by atoms with Crippen molar-refractivity contribution < 1.29 is 23.8 Å². The maximum atomic E-state index is 13.0. The Morgan fingerprint density at radius 2 is 1.15 bits per heavy atom. The molecule has 4 rings (SSSR count). The first-order chi connectivity index (χ1) is 19.5. The molecule has 40 heavy (non-hydrogen) atoms. The highest BCUT2D eigenvalue weighted by Gasteiger charge is 2.24. The summed E-state index contributed by atoms with van der Waals surface area (Å²) in [4.78, 5) is 27.0. The third-order valence-corrected chi connectivity index (χ3v) is 6.17. The molecule has 0 aromatic heterocycles. The van der Waals surface area contributed by atoms with Crippen molar-refractivity contribution >= 4 is 12.0 Å². The number of alkyl carbamates (subject to hydrolysis) is 1. The molecular weight excluding hydrogens is 504 g/mol. The Morgan fingerprint density at radius 1 is 0.650 bits per heavy atom.